The molecule has 0 spiro atoms. The van der Waals surface area contributed by atoms with Gasteiger partial charge in [-0.2, -0.15) is 5.10 Å². The Bertz CT molecular complexity index is 649. The standard InChI is InChI=1S/C12H9F2N3O3S/c13-7-3-1-2-6(10(7)14)5-15-17-12-16-11(20)8(21-12)4-9(18)19/h1-3,5,8H,4H2,(H,18,19)(H,16,17,20). The highest BCUT2D eigenvalue weighted by molar-refractivity contribution is 8.15. The van der Waals surface area contributed by atoms with Crippen LogP contribution in [0.4, 0.5) is 8.78 Å². The van der Waals surface area contributed by atoms with Gasteiger partial charge in [0, 0.05) is 5.56 Å². The number of rotatable bonds is 4. The van der Waals surface area contributed by atoms with Crippen LogP contribution in [0, 0.1) is 11.6 Å². The number of aliphatic carboxylic acids is 1. The first-order chi connectivity index (χ1) is 9.97. The Hall–Kier alpha value is -2.29. The van der Waals surface area contributed by atoms with E-state index in [0.29, 0.717) is 0 Å². The summed E-state index contributed by atoms with van der Waals surface area (Å²) in [7, 11) is 0. The number of carboxylic acids is 1. The van der Waals surface area contributed by atoms with Crippen LogP contribution >= 0.6 is 11.8 Å². The predicted molar refractivity (Wildman–Crippen MR) is 73.2 cm³/mol. The molecule has 9 heteroatoms. The Morgan fingerprint density at radius 2 is 2.24 bits per heavy atom. The van der Waals surface area contributed by atoms with Crippen LogP contribution in [-0.2, 0) is 9.59 Å². The largest absolute Gasteiger partial charge is 0.481 e. The molecule has 1 aliphatic rings. The SMILES string of the molecule is O=C(O)CC1SC(=NN=Cc2cccc(F)c2F)NC1=O. The second-order valence-electron chi connectivity index (χ2n) is 3.99. The molecular formula is C12H9F2N3O3S. The highest BCUT2D eigenvalue weighted by Gasteiger charge is 2.32. The van der Waals surface area contributed by atoms with Crippen LogP contribution in [0.5, 0.6) is 0 Å². The van der Waals surface area contributed by atoms with Crippen LogP contribution in [0.3, 0.4) is 0 Å². The molecule has 2 rings (SSSR count). The maximum absolute atomic E-state index is 13.3. The van der Waals surface area contributed by atoms with Gasteiger partial charge in [-0.15, -0.1) is 5.10 Å². The van der Waals surface area contributed by atoms with Gasteiger partial charge in [-0.05, 0) is 6.07 Å². The van der Waals surface area contributed by atoms with Gasteiger partial charge in [0.15, 0.2) is 16.8 Å². The van der Waals surface area contributed by atoms with Crippen LogP contribution in [0.2, 0.25) is 0 Å². The summed E-state index contributed by atoms with van der Waals surface area (Å²) in [4.78, 5) is 22.0. The Labute approximate surface area is 121 Å². The fraction of sp³-hybridized carbons (Fsp3) is 0.167. The number of hydrogen-bond donors (Lipinski definition) is 2. The van der Waals surface area contributed by atoms with Gasteiger partial charge < -0.3 is 10.4 Å². The lowest BCUT2D eigenvalue weighted by molar-refractivity contribution is -0.138. The zero-order valence-corrected chi connectivity index (χ0v) is 11.2. The summed E-state index contributed by atoms with van der Waals surface area (Å²) in [6.07, 6.45) is 0.667. The number of nitrogens with zero attached hydrogens (tertiary/aromatic N) is 2. The third-order valence-electron chi connectivity index (χ3n) is 2.46. The summed E-state index contributed by atoms with van der Waals surface area (Å²) < 4.78 is 26.3. The molecule has 110 valence electrons. The molecular weight excluding hydrogens is 304 g/mol. The number of amides is 1. The molecule has 2 N–H and O–H groups in total. The zero-order valence-electron chi connectivity index (χ0n) is 10.4. The van der Waals surface area contributed by atoms with Crippen molar-refractivity contribution in [1.29, 1.82) is 0 Å². The summed E-state index contributed by atoms with van der Waals surface area (Å²) in [6.45, 7) is 0. The second-order valence-corrected chi connectivity index (χ2v) is 5.18. The molecule has 0 radical (unpaired) electrons. The van der Waals surface area contributed by atoms with Crippen molar-refractivity contribution in [2.24, 2.45) is 10.2 Å². The third-order valence-corrected chi connectivity index (χ3v) is 3.54. The lowest BCUT2D eigenvalue weighted by Gasteiger charge is -1.98. The summed E-state index contributed by atoms with van der Waals surface area (Å²) >= 11 is 0.917. The van der Waals surface area contributed by atoms with E-state index in [-0.39, 0.29) is 17.2 Å². The quantitative estimate of drug-likeness (QED) is 0.648. The number of amidine groups is 1. The van der Waals surface area contributed by atoms with E-state index in [1.165, 1.54) is 12.1 Å². The highest BCUT2D eigenvalue weighted by Crippen LogP contribution is 2.22. The maximum Gasteiger partial charge on any atom is 0.305 e. The van der Waals surface area contributed by atoms with E-state index in [2.05, 4.69) is 15.5 Å². The van der Waals surface area contributed by atoms with Gasteiger partial charge in [-0.25, -0.2) is 8.78 Å². The number of hydrogen-bond acceptors (Lipinski definition) is 5. The first-order valence-electron chi connectivity index (χ1n) is 5.71. The molecule has 0 aromatic heterocycles. The molecule has 0 saturated carbocycles. The van der Waals surface area contributed by atoms with Crippen molar-refractivity contribution in [2.45, 2.75) is 11.7 Å². The van der Waals surface area contributed by atoms with E-state index in [9.17, 15) is 18.4 Å². The average Bonchev–Trinajstić information content (AvgIpc) is 2.74. The summed E-state index contributed by atoms with van der Waals surface area (Å²) in [5, 5.41) is 17.5. The topological polar surface area (TPSA) is 91.1 Å². The van der Waals surface area contributed by atoms with E-state index >= 15 is 0 Å². The number of carboxylic acid groups (broad SMARTS) is 1. The van der Waals surface area contributed by atoms with Gasteiger partial charge in [-0.1, -0.05) is 23.9 Å². The monoisotopic (exact) mass is 313 g/mol. The second kappa shape index (κ2) is 6.44. The van der Waals surface area contributed by atoms with Crippen LogP contribution < -0.4 is 5.32 Å². The van der Waals surface area contributed by atoms with E-state index < -0.39 is 28.8 Å². The highest BCUT2D eigenvalue weighted by atomic mass is 32.2. The van der Waals surface area contributed by atoms with Gasteiger partial charge in [-0.3, -0.25) is 9.59 Å². The summed E-state index contributed by atoms with van der Waals surface area (Å²) in [6, 6.07) is 3.61. The molecule has 1 amide bonds. The molecule has 1 aromatic rings. The minimum Gasteiger partial charge on any atom is -0.481 e. The molecule has 21 heavy (non-hydrogen) atoms. The summed E-state index contributed by atoms with van der Waals surface area (Å²) in [5.41, 5.74) is -0.0873. The van der Waals surface area contributed by atoms with Gasteiger partial charge in [0.1, 0.15) is 5.25 Å². The maximum atomic E-state index is 13.3. The number of carbonyl (C=O) groups excluding carboxylic acids is 1. The molecule has 0 aliphatic carbocycles. The first-order valence-corrected chi connectivity index (χ1v) is 6.59. The Kier molecular flexibility index (Phi) is 4.63. The number of thioether (sulfide) groups is 1. The molecule has 1 heterocycles. The van der Waals surface area contributed by atoms with E-state index in [4.69, 9.17) is 5.11 Å². The fourth-order valence-corrected chi connectivity index (χ4v) is 2.42. The van der Waals surface area contributed by atoms with Crippen molar-refractivity contribution in [3.8, 4) is 0 Å². The van der Waals surface area contributed by atoms with Gasteiger partial charge in [0.05, 0.1) is 12.6 Å². The van der Waals surface area contributed by atoms with Crippen LogP contribution in [0.1, 0.15) is 12.0 Å². The molecule has 1 fully saturated rings. The lowest BCUT2D eigenvalue weighted by Crippen LogP contribution is -2.26. The fourth-order valence-electron chi connectivity index (χ4n) is 1.51. The number of nitrogens with one attached hydrogen (secondary N) is 1. The smallest absolute Gasteiger partial charge is 0.305 e. The van der Waals surface area contributed by atoms with Gasteiger partial charge in [0.2, 0.25) is 5.91 Å². The molecule has 6 nitrogen and oxygen atoms in total. The Morgan fingerprint density at radius 3 is 2.95 bits per heavy atom. The lowest BCUT2D eigenvalue weighted by atomic mass is 10.2. The van der Waals surface area contributed by atoms with Gasteiger partial charge in [0.25, 0.3) is 0 Å². The zero-order chi connectivity index (χ0) is 15.4. The van der Waals surface area contributed by atoms with Crippen LogP contribution in [0.25, 0.3) is 0 Å². The molecule has 1 saturated heterocycles. The van der Waals surface area contributed by atoms with Crippen molar-refractivity contribution in [3.05, 3.63) is 35.4 Å². The molecule has 1 aliphatic heterocycles. The van der Waals surface area contributed by atoms with Crippen LogP contribution in [-0.4, -0.2) is 33.6 Å². The Morgan fingerprint density at radius 1 is 1.48 bits per heavy atom. The Balaban J connectivity index is 2.05. The third kappa shape index (κ3) is 3.85. The van der Waals surface area contributed by atoms with E-state index in [1.54, 1.807) is 0 Å². The molecule has 1 atom stereocenters. The molecule has 0 bridgehead atoms. The number of benzene rings is 1. The average molecular weight is 313 g/mol. The first kappa shape index (κ1) is 15.1. The molecule has 1 unspecified atom stereocenters. The van der Waals surface area contributed by atoms with Crippen molar-refractivity contribution in [1.82, 2.24) is 5.32 Å². The van der Waals surface area contributed by atoms with Crippen LogP contribution in [0.15, 0.2) is 28.4 Å². The van der Waals surface area contributed by atoms with Gasteiger partial charge >= 0.3 is 5.97 Å². The minimum absolute atomic E-state index is 0.0873. The van der Waals surface area contributed by atoms with Crippen molar-refractivity contribution in [3.63, 3.8) is 0 Å². The van der Waals surface area contributed by atoms with Crippen molar-refractivity contribution in [2.75, 3.05) is 0 Å². The van der Waals surface area contributed by atoms with Crippen molar-refractivity contribution < 1.29 is 23.5 Å². The number of carbonyl (C=O) groups is 2. The predicted octanol–water partition coefficient (Wildman–Crippen LogP) is 1.36. The molecule has 1 aromatic carbocycles. The normalized spacial score (nSPS) is 20.2. The van der Waals surface area contributed by atoms with E-state index in [1.807, 2.05) is 0 Å². The van der Waals surface area contributed by atoms with Crippen molar-refractivity contribution >= 4 is 35.0 Å². The summed E-state index contributed by atoms with van der Waals surface area (Å²) in [5.74, 6) is -3.63. The number of halogens is 2. The van der Waals surface area contributed by atoms with E-state index in [0.717, 1.165) is 24.0 Å². The minimum atomic E-state index is -1.10.